The molecule has 0 fully saturated rings. The molecule has 1 aromatic heterocycles. The molecule has 0 saturated heterocycles. The topological polar surface area (TPSA) is 45.6 Å². The number of likely N-dealkylation sites (N-methyl/N-ethyl adjacent to an activating group) is 1. The van der Waals surface area contributed by atoms with E-state index in [1.165, 1.54) is 0 Å². The second-order valence-electron chi connectivity index (χ2n) is 5.97. The molecule has 2 heterocycles. The van der Waals surface area contributed by atoms with E-state index in [-0.39, 0.29) is 18.4 Å². The molecule has 0 bridgehead atoms. The Labute approximate surface area is 145 Å². The molecule has 2 amide bonds. The molecule has 1 aliphatic heterocycles. The predicted molar refractivity (Wildman–Crippen MR) is 97.3 cm³/mol. The SMILES string of the molecule is CN1C(=O)CN(C(=O)c2cccc(-n3cccc3)c2)c2ccccc21. The largest absolute Gasteiger partial charge is 0.324 e. The van der Waals surface area contributed by atoms with Crippen LogP contribution in [-0.4, -0.2) is 30.0 Å². The number of nitrogens with zero attached hydrogens (tertiary/aromatic N) is 3. The van der Waals surface area contributed by atoms with Gasteiger partial charge in [-0.15, -0.1) is 0 Å². The Morgan fingerprint density at radius 1 is 0.920 bits per heavy atom. The average molecular weight is 331 g/mol. The van der Waals surface area contributed by atoms with Crippen molar-refractivity contribution in [3.8, 4) is 5.69 Å². The first kappa shape index (κ1) is 15.2. The summed E-state index contributed by atoms with van der Waals surface area (Å²) < 4.78 is 1.94. The fourth-order valence-electron chi connectivity index (χ4n) is 3.08. The Morgan fingerprint density at radius 2 is 1.64 bits per heavy atom. The highest BCUT2D eigenvalue weighted by molar-refractivity contribution is 6.15. The minimum atomic E-state index is -0.178. The number of hydrogen-bond donors (Lipinski definition) is 0. The van der Waals surface area contributed by atoms with Crippen LogP contribution in [0.4, 0.5) is 11.4 Å². The number of hydrogen-bond acceptors (Lipinski definition) is 2. The Hall–Kier alpha value is -3.34. The molecule has 4 rings (SSSR count). The molecule has 1 aliphatic rings. The monoisotopic (exact) mass is 331 g/mol. The molecule has 5 heteroatoms. The molecule has 0 unspecified atom stereocenters. The van der Waals surface area contributed by atoms with Gasteiger partial charge in [-0.1, -0.05) is 18.2 Å². The van der Waals surface area contributed by atoms with E-state index in [1.54, 1.807) is 22.9 Å². The molecule has 0 aliphatic carbocycles. The van der Waals surface area contributed by atoms with E-state index in [1.807, 2.05) is 71.6 Å². The van der Waals surface area contributed by atoms with E-state index in [9.17, 15) is 9.59 Å². The van der Waals surface area contributed by atoms with Gasteiger partial charge < -0.3 is 9.47 Å². The van der Waals surface area contributed by atoms with E-state index in [0.29, 0.717) is 5.56 Å². The molecule has 124 valence electrons. The smallest absolute Gasteiger partial charge is 0.258 e. The van der Waals surface area contributed by atoms with Gasteiger partial charge in [0.05, 0.1) is 11.4 Å². The van der Waals surface area contributed by atoms with Gasteiger partial charge in [0.25, 0.3) is 5.91 Å². The summed E-state index contributed by atoms with van der Waals surface area (Å²) in [6, 6.07) is 18.7. The summed E-state index contributed by atoms with van der Waals surface area (Å²) in [7, 11) is 1.73. The van der Waals surface area contributed by atoms with E-state index in [2.05, 4.69) is 0 Å². The van der Waals surface area contributed by atoms with Crippen LogP contribution in [0.25, 0.3) is 5.69 Å². The Kier molecular flexibility index (Phi) is 3.61. The maximum Gasteiger partial charge on any atom is 0.258 e. The number of para-hydroxylation sites is 2. The lowest BCUT2D eigenvalue weighted by Gasteiger charge is -2.34. The summed E-state index contributed by atoms with van der Waals surface area (Å²) in [5.74, 6) is -0.281. The average Bonchev–Trinajstić information content (AvgIpc) is 3.19. The molecule has 3 aromatic rings. The molecule has 0 spiro atoms. The van der Waals surface area contributed by atoms with Crippen molar-refractivity contribution >= 4 is 23.2 Å². The number of fused-ring (bicyclic) bond motifs is 1. The number of carbonyl (C=O) groups is 2. The van der Waals surface area contributed by atoms with Crippen LogP contribution >= 0.6 is 0 Å². The number of benzene rings is 2. The quantitative estimate of drug-likeness (QED) is 0.724. The fourth-order valence-corrected chi connectivity index (χ4v) is 3.08. The molecular formula is C20H17N3O2. The molecule has 5 nitrogen and oxygen atoms in total. The Balaban J connectivity index is 1.73. The second-order valence-corrected chi connectivity index (χ2v) is 5.97. The number of amides is 2. The minimum absolute atomic E-state index is 0.0418. The Bertz CT molecular complexity index is 947. The van der Waals surface area contributed by atoms with Crippen LogP contribution < -0.4 is 9.80 Å². The van der Waals surface area contributed by atoms with E-state index in [0.717, 1.165) is 17.1 Å². The van der Waals surface area contributed by atoms with Gasteiger partial charge in [0.1, 0.15) is 6.54 Å². The lowest BCUT2D eigenvalue weighted by Crippen LogP contribution is -2.46. The van der Waals surface area contributed by atoms with Crippen LogP contribution in [0, 0.1) is 0 Å². The van der Waals surface area contributed by atoms with Crippen molar-refractivity contribution in [2.24, 2.45) is 0 Å². The summed E-state index contributed by atoms with van der Waals surface area (Å²) >= 11 is 0. The third-order valence-electron chi connectivity index (χ3n) is 4.44. The van der Waals surface area contributed by atoms with Gasteiger partial charge in [0.15, 0.2) is 0 Å². The first-order valence-electron chi connectivity index (χ1n) is 8.06. The highest BCUT2D eigenvalue weighted by atomic mass is 16.2. The number of aromatic nitrogens is 1. The van der Waals surface area contributed by atoms with Gasteiger partial charge in [0.2, 0.25) is 5.91 Å². The number of anilines is 2. The summed E-state index contributed by atoms with van der Waals surface area (Å²) in [5.41, 5.74) is 2.96. The van der Waals surface area contributed by atoms with Gasteiger partial charge in [-0.25, -0.2) is 0 Å². The second kappa shape index (κ2) is 5.94. The summed E-state index contributed by atoms with van der Waals surface area (Å²) in [5, 5.41) is 0. The van der Waals surface area contributed by atoms with Crippen molar-refractivity contribution in [1.82, 2.24) is 4.57 Å². The lowest BCUT2D eigenvalue weighted by atomic mass is 10.1. The van der Waals surface area contributed by atoms with Gasteiger partial charge in [-0.3, -0.25) is 14.5 Å². The Morgan fingerprint density at radius 3 is 2.40 bits per heavy atom. The van der Waals surface area contributed by atoms with Crippen LogP contribution in [0.5, 0.6) is 0 Å². The zero-order chi connectivity index (χ0) is 17.4. The number of carbonyl (C=O) groups excluding carboxylic acids is 2. The van der Waals surface area contributed by atoms with Crippen LogP contribution in [0.3, 0.4) is 0 Å². The van der Waals surface area contributed by atoms with Crippen molar-refractivity contribution in [2.45, 2.75) is 0 Å². The molecule has 0 atom stereocenters. The summed E-state index contributed by atoms with van der Waals surface area (Å²) in [6.45, 7) is 0.0418. The highest BCUT2D eigenvalue weighted by Gasteiger charge is 2.30. The summed E-state index contributed by atoms with van der Waals surface area (Å²) in [6.07, 6.45) is 3.86. The molecule has 0 radical (unpaired) electrons. The summed E-state index contributed by atoms with van der Waals surface area (Å²) in [4.78, 5) is 28.5. The maximum atomic E-state index is 13.1. The molecule has 25 heavy (non-hydrogen) atoms. The minimum Gasteiger partial charge on any atom is -0.324 e. The third kappa shape index (κ3) is 2.59. The third-order valence-corrected chi connectivity index (χ3v) is 4.44. The van der Waals surface area contributed by atoms with E-state index in [4.69, 9.17) is 0 Å². The lowest BCUT2D eigenvalue weighted by molar-refractivity contribution is -0.117. The van der Waals surface area contributed by atoms with Gasteiger partial charge in [0, 0.05) is 30.7 Å². The maximum absolute atomic E-state index is 13.1. The molecular weight excluding hydrogens is 314 g/mol. The van der Waals surface area contributed by atoms with Crippen molar-refractivity contribution in [3.05, 3.63) is 78.6 Å². The first-order chi connectivity index (χ1) is 12.1. The fraction of sp³-hybridized carbons (Fsp3) is 0.100. The van der Waals surface area contributed by atoms with Crippen molar-refractivity contribution in [2.75, 3.05) is 23.4 Å². The molecule has 2 aromatic carbocycles. The van der Waals surface area contributed by atoms with Crippen LogP contribution in [0.2, 0.25) is 0 Å². The van der Waals surface area contributed by atoms with Gasteiger partial charge >= 0.3 is 0 Å². The molecule has 0 saturated carbocycles. The van der Waals surface area contributed by atoms with Crippen molar-refractivity contribution in [3.63, 3.8) is 0 Å². The molecule has 0 N–H and O–H groups in total. The number of rotatable bonds is 2. The van der Waals surface area contributed by atoms with Crippen molar-refractivity contribution in [1.29, 1.82) is 0 Å². The predicted octanol–water partition coefficient (Wildman–Crippen LogP) is 3.10. The normalized spacial score (nSPS) is 13.7. The van der Waals surface area contributed by atoms with E-state index >= 15 is 0 Å². The van der Waals surface area contributed by atoms with Crippen LogP contribution in [0.1, 0.15) is 10.4 Å². The van der Waals surface area contributed by atoms with Gasteiger partial charge in [-0.2, -0.15) is 0 Å². The zero-order valence-corrected chi connectivity index (χ0v) is 13.8. The van der Waals surface area contributed by atoms with E-state index < -0.39 is 0 Å². The zero-order valence-electron chi connectivity index (χ0n) is 13.8. The first-order valence-corrected chi connectivity index (χ1v) is 8.06. The van der Waals surface area contributed by atoms with Gasteiger partial charge in [-0.05, 0) is 42.5 Å². The van der Waals surface area contributed by atoms with Crippen LogP contribution in [-0.2, 0) is 4.79 Å². The standard InChI is InChI=1S/C20H17N3O2/c1-21-17-9-2-3-10-18(17)23(14-19(21)24)20(25)15-7-6-8-16(13-15)22-11-4-5-12-22/h2-13H,14H2,1H3. The van der Waals surface area contributed by atoms with Crippen LogP contribution in [0.15, 0.2) is 73.1 Å². The van der Waals surface area contributed by atoms with Crippen molar-refractivity contribution < 1.29 is 9.59 Å². The highest BCUT2D eigenvalue weighted by Crippen LogP contribution is 2.33.